The van der Waals surface area contributed by atoms with Gasteiger partial charge in [-0.05, 0) is 93.2 Å². The molecule has 0 heteroatoms. The van der Waals surface area contributed by atoms with Crippen LogP contribution in [-0.4, -0.2) is 0 Å². The molecule has 0 N–H and O–H groups in total. The van der Waals surface area contributed by atoms with Gasteiger partial charge in [0.15, 0.2) is 0 Å². The first-order valence-corrected chi connectivity index (χ1v) is 13.0. The highest BCUT2D eigenvalue weighted by Crippen LogP contribution is 2.57. The maximum absolute atomic E-state index is 2.45. The first-order chi connectivity index (χ1) is 18.1. The lowest BCUT2D eigenvalue weighted by Gasteiger charge is -2.21. The van der Waals surface area contributed by atoms with Gasteiger partial charge in [-0.2, -0.15) is 0 Å². The molecule has 0 aliphatic heterocycles. The Hall–Kier alpha value is -4.42. The molecule has 176 valence electrons. The molecule has 0 nitrogen and oxygen atoms in total. The Morgan fingerprint density at radius 3 is 1.38 bits per heavy atom. The second kappa shape index (κ2) is 8.32. The van der Waals surface area contributed by atoms with Gasteiger partial charge in [-0.15, -0.1) is 0 Å². The third-order valence-corrected chi connectivity index (χ3v) is 7.74. The van der Waals surface area contributed by atoms with Crippen molar-refractivity contribution in [1.29, 1.82) is 0 Å². The minimum absolute atomic E-state index is 1.26. The zero-order valence-electron chi connectivity index (χ0n) is 21.5. The second-order valence-electron chi connectivity index (χ2n) is 10.4. The van der Waals surface area contributed by atoms with E-state index in [1.165, 1.54) is 83.1 Å². The van der Waals surface area contributed by atoms with Crippen LogP contribution in [0.1, 0.15) is 16.7 Å². The van der Waals surface area contributed by atoms with Crippen LogP contribution in [0.15, 0.2) is 115 Å². The van der Waals surface area contributed by atoms with Crippen LogP contribution in [0.25, 0.3) is 66.4 Å². The summed E-state index contributed by atoms with van der Waals surface area (Å²) in [6.45, 7) is 6.55. The summed E-state index contributed by atoms with van der Waals surface area (Å²) in [4.78, 5) is 0. The van der Waals surface area contributed by atoms with Gasteiger partial charge in [0, 0.05) is 0 Å². The molecule has 37 heavy (non-hydrogen) atoms. The molecule has 0 saturated carbocycles. The summed E-state index contributed by atoms with van der Waals surface area (Å²) in [5.74, 6) is 0. The molecule has 6 aromatic rings. The van der Waals surface area contributed by atoms with Crippen LogP contribution >= 0.6 is 0 Å². The van der Waals surface area contributed by atoms with Crippen molar-refractivity contribution in [2.24, 2.45) is 0 Å². The molecule has 0 bridgehead atoms. The molecule has 1 aliphatic carbocycles. The summed E-state index contributed by atoms with van der Waals surface area (Å²) < 4.78 is 0. The van der Waals surface area contributed by atoms with E-state index in [2.05, 4.69) is 136 Å². The summed E-state index contributed by atoms with van der Waals surface area (Å²) >= 11 is 0. The predicted octanol–water partition coefficient (Wildman–Crippen LogP) is 10.4. The summed E-state index contributed by atoms with van der Waals surface area (Å²) in [5.41, 5.74) is 16.9. The quantitative estimate of drug-likeness (QED) is 0.240. The lowest BCUT2D eigenvalue weighted by Crippen LogP contribution is -1.95. The monoisotopic (exact) mass is 472 g/mol. The summed E-state index contributed by atoms with van der Waals surface area (Å²) in [6.07, 6.45) is 0. The van der Waals surface area contributed by atoms with Gasteiger partial charge >= 0.3 is 0 Å². The summed E-state index contributed by atoms with van der Waals surface area (Å²) in [5, 5.41) is 2.66. The van der Waals surface area contributed by atoms with Gasteiger partial charge in [0.05, 0.1) is 0 Å². The van der Waals surface area contributed by atoms with Crippen molar-refractivity contribution in [3.63, 3.8) is 0 Å². The van der Waals surface area contributed by atoms with Gasteiger partial charge in [0.2, 0.25) is 0 Å². The fraction of sp³-hybridized carbons (Fsp3) is 0.0811. The molecule has 0 unspecified atom stereocenters. The standard InChI is InChI=1S/C37H28/c1-23-9-4-14-27(19-23)32-22-33(28-15-5-10-24(2)20-28)36-30-17-7-12-26-13-8-18-31(34(26)30)37(36)35(32)29-16-6-11-25(3)21-29/h4-22H,1-3H3. The van der Waals surface area contributed by atoms with Crippen LogP contribution in [0, 0.1) is 20.8 Å². The largest absolute Gasteiger partial charge is 0.0614 e. The van der Waals surface area contributed by atoms with Crippen LogP contribution in [0.5, 0.6) is 0 Å². The molecule has 7 rings (SSSR count). The van der Waals surface area contributed by atoms with Crippen molar-refractivity contribution in [3.8, 4) is 55.6 Å². The van der Waals surface area contributed by atoms with Gasteiger partial charge in [-0.25, -0.2) is 0 Å². The fourth-order valence-electron chi connectivity index (χ4n) is 6.17. The minimum atomic E-state index is 1.26. The smallest absolute Gasteiger partial charge is 0.000763 e. The minimum Gasteiger partial charge on any atom is -0.0614 e. The van der Waals surface area contributed by atoms with Crippen LogP contribution in [0.3, 0.4) is 0 Å². The third kappa shape index (κ3) is 3.44. The van der Waals surface area contributed by atoms with Gasteiger partial charge in [-0.3, -0.25) is 0 Å². The molecule has 6 aromatic carbocycles. The second-order valence-corrected chi connectivity index (χ2v) is 10.4. The number of hydrogen-bond acceptors (Lipinski definition) is 0. The molecule has 0 amide bonds. The number of aryl methyl sites for hydroxylation is 3. The highest BCUT2D eigenvalue weighted by Gasteiger charge is 2.30. The van der Waals surface area contributed by atoms with Gasteiger partial charge in [0.1, 0.15) is 0 Å². The Morgan fingerprint density at radius 2 is 0.811 bits per heavy atom. The number of fused-ring (bicyclic) bond motifs is 3. The third-order valence-electron chi connectivity index (χ3n) is 7.74. The first-order valence-electron chi connectivity index (χ1n) is 13.0. The first kappa shape index (κ1) is 21.8. The van der Waals surface area contributed by atoms with E-state index >= 15 is 0 Å². The highest BCUT2D eigenvalue weighted by molar-refractivity contribution is 6.22. The van der Waals surface area contributed by atoms with Crippen LogP contribution in [0.4, 0.5) is 0 Å². The van der Waals surface area contributed by atoms with Crippen molar-refractivity contribution in [1.82, 2.24) is 0 Å². The fourth-order valence-corrected chi connectivity index (χ4v) is 6.17. The van der Waals surface area contributed by atoms with E-state index in [1.807, 2.05) is 0 Å². The van der Waals surface area contributed by atoms with E-state index < -0.39 is 0 Å². The van der Waals surface area contributed by atoms with E-state index in [1.54, 1.807) is 0 Å². The molecule has 1 aliphatic rings. The Bertz CT molecular complexity index is 1850. The van der Waals surface area contributed by atoms with Crippen molar-refractivity contribution < 1.29 is 0 Å². The van der Waals surface area contributed by atoms with Crippen molar-refractivity contribution in [3.05, 3.63) is 132 Å². The molecule has 0 saturated heterocycles. The van der Waals surface area contributed by atoms with Crippen LogP contribution in [-0.2, 0) is 0 Å². The Kier molecular flexibility index (Phi) is 4.91. The zero-order chi connectivity index (χ0) is 25.1. The average Bonchev–Trinajstić information content (AvgIpc) is 3.24. The maximum atomic E-state index is 2.45. The molecule has 0 aromatic heterocycles. The number of rotatable bonds is 3. The normalized spacial score (nSPS) is 11.6. The van der Waals surface area contributed by atoms with E-state index in [0.29, 0.717) is 0 Å². The van der Waals surface area contributed by atoms with Crippen molar-refractivity contribution >= 4 is 10.8 Å². The van der Waals surface area contributed by atoms with Crippen LogP contribution in [0.2, 0.25) is 0 Å². The van der Waals surface area contributed by atoms with E-state index in [-0.39, 0.29) is 0 Å². The lowest BCUT2D eigenvalue weighted by molar-refractivity contribution is 1.44. The molecule has 0 fully saturated rings. The van der Waals surface area contributed by atoms with Gasteiger partial charge < -0.3 is 0 Å². The number of hydrogen-bond donors (Lipinski definition) is 0. The van der Waals surface area contributed by atoms with E-state index in [4.69, 9.17) is 0 Å². The van der Waals surface area contributed by atoms with E-state index in [0.717, 1.165) is 0 Å². The summed E-state index contributed by atoms with van der Waals surface area (Å²) in [6, 6.07) is 42.9. The molecule has 0 heterocycles. The highest BCUT2D eigenvalue weighted by atomic mass is 14.3. The average molecular weight is 473 g/mol. The predicted molar refractivity (Wildman–Crippen MR) is 159 cm³/mol. The Labute approximate surface area is 218 Å². The van der Waals surface area contributed by atoms with E-state index in [9.17, 15) is 0 Å². The molecular formula is C37H28. The van der Waals surface area contributed by atoms with Gasteiger partial charge in [-0.1, -0.05) is 126 Å². The topological polar surface area (TPSA) is 0 Å². The Morgan fingerprint density at radius 1 is 0.351 bits per heavy atom. The summed E-state index contributed by atoms with van der Waals surface area (Å²) in [7, 11) is 0. The SMILES string of the molecule is Cc1cccc(-c2cc(-c3cccc(C)c3)c3c(c2-c2cccc(C)c2)-c2cccc4cccc-3c24)c1. The molecule has 0 radical (unpaired) electrons. The maximum Gasteiger partial charge on any atom is -0.000763 e. The molecular weight excluding hydrogens is 444 g/mol. The molecule has 0 atom stereocenters. The van der Waals surface area contributed by atoms with Crippen molar-refractivity contribution in [2.75, 3.05) is 0 Å². The molecule has 0 spiro atoms. The zero-order valence-corrected chi connectivity index (χ0v) is 21.5. The van der Waals surface area contributed by atoms with Crippen molar-refractivity contribution in [2.45, 2.75) is 20.8 Å². The number of benzene rings is 6. The van der Waals surface area contributed by atoms with Crippen LogP contribution < -0.4 is 0 Å². The Balaban J connectivity index is 1.71. The lowest BCUT2D eigenvalue weighted by atomic mass is 9.82. The van der Waals surface area contributed by atoms with Gasteiger partial charge in [0.25, 0.3) is 0 Å².